The van der Waals surface area contributed by atoms with Crippen LogP contribution in [0.4, 0.5) is 5.69 Å². The Kier molecular flexibility index (Phi) is 6.72. The van der Waals surface area contributed by atoms with Crippen LogP contribution in [0.15, 0.2) is 102 Å². The van der Waals surface area contributed by atoms with E-state index in [9.17, 15) is 9.00 Å². The fourth-order valence-electron chi connectivity index (χ4n) is 3.27. The van der Waals surface area contributed by atoms with Crippen molar-refractivity contribution in [3.8, 4) is 17.0 Å². The maximum atomic E-state index is 13.1. The number of carbonyl (C=O) groups is 1. The summed E-state index contributed by atoms with van der Waals surface area (Å²) < 4.78 is 18.4. The van der Waals surface area contributed by atoms with Gasteiger partial charge in [0.25, 0.3) is 5.91 Å². The second-order valence-corrected chi connectivity index (χ2v) is 8.53. The number of hydrogen-bond acceptors (Lipinski definition) is 4. The zero-order chi connectivity index (χ0) is 22.3. The minimum absolute atomic E-state index is 0.201. The van der Waals surface area contributed by atoms with E-state index in [4.69, 9.17) is 4.74 Å². The molecule has 0 aliphatic heterocycles. The standard InChI is InChI=1S/C26H22N2O3S/c1-31-26-24(32(30)18-19-9-4-2-5-10-19)16-22(17-27-26)20-11-8-12-21(15-20)25(29)28-23-13-6-3-7-14-23/h2-17H,18H2,1H3,(H,28,29). The van der Waals surface area contributed by atoms with Crippen LogP contribution in [0.5, 0.6) is 5.88 Å². The van der Waals surface area contributed by atoms with Gasteiger partial charge in [0, 0.05) is 23.0 Å². The lowest BCUT2D eigenvalue weighted by molar-refractivity contribution is 0.102. The molecule has 1 aromatic heterocycles. The van der Waals surface area contributed by atoms with Crippen LogP contribution in [0.3, 0.4) is 0 Å². The number of carbonyl (C=O) groups excluding carboxylic acids is 1. The van der Waals surface area contributed by atoms with E-state index in [1.807, 2.05) is 78.9 Å². The van der Waals surface area contributed by atoms with Gasteiger partial charge in [-0.25, -0.2) is 4.98 Å². The minimum Gasteiger partial charge on any atom is -0.480 e. The number of anilines is 1. The first-order valence-electron chi connectivity index (χ1n) is 10.1. The number of hydrogen-bond donors (Lipinski definition) is 1. The number of rotatable bonds is 7. The van der Waals surface area contributed by atoms with Crippen LogP contribution in [0.2, 0.25) is 0 Å². The fourth-order valence-corrected chi connectivity index (χ4v) is 4.51. The Morgan fingerprint density at radius 3 is 2.34 bits per heavy atom. The molecular weight excluding hydrogens is 420 g/mol. The van der Waals surface area contributed by atoms with Crippen molar-refractivity contribution in [2.24, 2.45) is 0 Å². The van der Waals surface area contributed by atoms with Gasteiger partial charge in [-0.15, -0.1) is 0 Å². The molecule has 0 saturated carbocycles. The maximum Gasteiger partial charge on any atom is 0.255 e. The zero-order valence-electron chi connectivity index (χ0n) is 17.5. The monoisotopic (exact) mass is 442 g/mol. The zero-order valence-corrected chi connectivity index (χ0v) is 18.3. The van der Waals surface area contributed by atoms with Crippen molar-refractivity contribution in [1.82, 2.24) is 4.98 Å². The molecule has 0 bridgehead atoms. The summed E-state index contributed by atoms with van der Waals surface area (Å²) in [6.07, 6.45) is 1.66. The van der Waals surface area contributed by atoms with Gasteiger partial charge >= 0.3 is 0 Å². The van der Waals surface area contributed by atoms with Crippen molar-refractivity contribution in [3.05, 3.63) is 108 Å². The van der Waals surface area contributed by atoms with Crippen LogP contribution >= 0.6 is 0 Å². The molecule has 3 aromatic carbocycles. The van der Waals surface area contributed by atoms with Crippen molar-refractivity contribution in [2.45, 2.75) is 10.6 Å². The fraction of sp³-hybridized carbons (Fsp3) is 0.0769. The molecule has 0 spiro atoms. The maximum absolute atomic E-state index is 13.1. The van der Waals surface area contributed by atoms with Gasteiger partial charge in [0.1, 0.15) is 4.90 Å². The number of nitrogens with zero attached hydrogens (tertiary/aromatic N) is 1. The SMILES string of the molecule is COc1ncc(-c2cccc(C(=O)Nc3ccccc3)c2)cc1S(=O)Cc1ccccc1. The average molecular weight is 443 g/mol. The quantitative estimate of drug-likeness (QED) is 0.421. The summed E-state index contributed by atoms with van der Waals surface area (Å²) >= 11 is 0. The highest BCUT2D eigenvalue weighted by Gasteiger charge is 2.15. The predicted octanol–water partition coefficient (Wildman–Crippen LogP) is 5.32. The number of benzene rings is 3. The molecular formula is C26H22N2O3S. The molecule has 0 aliphatic rings. The van der Waals surface area contributed by atoms with Crippen molar-refractivity contribution in [1.29, 1.82) is 0 Å². The Bertz CT molecular complexity index is 1240. The molecule has 5 nitrogen and oxygen atoms in total. The van der Waals surface area contributed by atoms with Gasteiger partial charge in [0.15, 0.2) is 0 Å². The minimum atomic E-state index is -1.34. The van der Waals surface area contributed by atoms with Crippen LogP contribution < -0.4 is 10.1 Å². The number of ether oxygens (including phenoxy) is 1. The molecule has 1 N–H and O–H groups in total. The molecule has 4 rings (SSSR count). The highest BCUT2D eigenvalue weighted by atomic mass is 32.2. The molecule has 1 amide bonds. The second kappa shape index (κ2) is 10.0. The summed E-state index contributed by atoms with van der Waals surface area (Å²) in [5.74, 6) is 0.496. The molecule has 32 heavy (non-hydrogen) atoms. The van der Waals surface area contributed by atoms with E-state index in [1.54, 1.807) is 18.3 Å². The lowest BCUT2D eigenvalue weighted by Crippen LogP contribution is -2.11. The van der Waals surface area contributed by atoms with Crippen LogP contribution in [0, 0.1) is 0 Å². The van der Waals surface area contributed by atoms with Gasteiger partial charge in [-0.1, -0.05) is 60.7 Å². The van der Waals surface area contributed by atoms with Crippen molar-refractivity contribution >= 4 is 22.4 Å². The summed E-state index contributed by atoms with van der Waals surface area (Å²) in [4.78, 5) is 17.6. The third-order valence-electron chi connectivity index (χ3n) is 4.89. The smallest absolute Gasteiger partial charge is 0.255 e. The summed E-state index contributed by atoms with van der Waals surface area (Å²) in [5, 5.41) is 2.89. The lowest BCUT2D eigenvalue weighted by Gasteiger charge is -2.11. The highest BCUT2D eigenvalue weighted by molar-refractivity contribution is 7.84. The van der Waals surface area contributed by atoms with Crippen LogP contribution in [-0.4, -0.2) is 22.2 Å². The van der Waals surface area contributed by atoms with E-state index < -0.39 is 10.8 Å². The number of aromatic nitrogens is 1. The first-order valence-corrected chi connectivity index (χ1v) is 11.4. The van der Waals surface area contributed by atoms with Crippen LogP contribution in [-0.2, 0) is 16.6 Å². The van der Waals surface area contributed by atoms with Crippen LogP contribution in [0.1, 0.15) is 15.9 Å². The largest absolute Gasteiger partial charge is 0.480 e. The number of amides is 1. The third-order valence-corrected chi connectivity index (χ3v) is 6.27. The Morgan fingerprint density at radius 1 is 0.906 bits per heavy atom. The average Bonchev–Trinajstić information content (AvgIpc) is 2.85. The van der Waals surface area contributed by atoms with Gasteiger partial charge in [-0.05, 0) is 41.5 Å². The van der Waals surface area contributed by atoms with Crippen molar-refractivity contribution < 1.29 is 13.7 Å². The van der Waals surface area contributed by atoms with Gasteiger partial charge in [0.2, 0.25) is 5.88 Å². The number of pyridine rings is 1. The van der Waals surface area contributed by atoms with E-state index in [1.165, 1.54) is 7.11 Å². The first-order chi connectivity index (χ1) is 15.6. The summed E-state index contributed by atoms with van der Waals surface area (Å²) in [5.41, 5.74) is 3.79. The number of methoxy groups -OCH3 is 1. The van der Waals surface area contributed by atoms with Crippen molar-refractivity contribution in [2.75, 3.05) is 12.4 Å². The molecule has 0 saturated heterocycles. The second-order valence-electron chi connectivity index (χ2n) is 7.11. The first kappa shape index (κ1) is 21.5. The van der Waals surface area contributed by atoms with Crippen molar-refractivity contribution in [3.63, 3.8) is 0 Å². The third kappa shape index (κ3) is 5.10. The van der Waals surface area contributed by atoms with Gasteiger partial charge in [0.05, 0.1) is 23.7 Å². The molecule has 4 aromatic rings. The van der Waals surface area contributed by atoms with Gasteiger partial charge in [-0.3, -0.25) is 9.00 Å². The molecule has 1 atom stereocenters. The summed E-state index contributed by atoms with van der Waals surface area (Å²) in [6.45, 7) is 0. The molecule has 6 heteroatoms. The normalized spacial score (nSPS) is 11.5. The molecule has 160 valence electrons. The molecule has 0 fully saturated rings. The topological polar surface area (TPSA) is 68.3 Å². The van der Waals surface area contributed by atoms with E-state index in [0.29, 0.717) is 22.1 Å². The Hall–Kier alpha value is -3.77. The molecule has 0 radical (unpaired) electrons. The van der Waals surface area contributed by atoms with E-state index in [-0.39, 0.29) is 5.91 Å². The summed E-state index contributed by atoms with van der Waals surface area (Å²) in [7, 11) is 0.176. The van der Waals surface area contributed by atoms with E-state index >= 15 is 0 Å². The molecule has 1 heterocycles. The lowest BCUT2D eigenvalue weighted by atomic mass is 10.0. The Morgan fingerprint density at radius 2 is 1.62 bits per heavy atom. The summed E-state index contributed by atoms with van der Waals surface area (Å²) in [6, 6.07) is 28.0. The van der Waals surface area contributed by atoms with E-state index in [2.05, 4.69) is 10.3 Å². The predicted molar refractivity (Wildman–Crippen MR) is 127 cm³/mol. The highest BCUT2D eigenvalue weighted by Crippen LogP contribution is 2.28. The van der Waals surface area contributed by atoms with E-state index in [0.717, 1.165) is 22.4 Å². The Balaban J connectivity index is 1.61. The van der Waals surface area contributed by atoms with Crippen LogP contribution in [0.25, 0.3) is 11.1 Å². The number of nitrogens with one attached hydrogen (secondary N) is 1. The Labute approximate surface area is 189 Å². The van der Waals surface area contributed by atoms with Gasteiger partial charge in [-0.2, -0.15) is 0 Å². The van der Waals surface area contributed by atoms with Gasteiger partial charge < -0.3 is 10.1 Å². The number of para-hydroxylation sites is 1. The molecule has 0 aliphatic carbocycles. The molecule has 1 unspecified atom stereocenters.